The van der Waals surface area contributed by atoms with Crippen molar-refractivity contribution in [3.63, 3.8) is 0 Å². The third-order valence-corrected chi connectivity index (χ3v) is 4.72. The van der Waals surface area contributed by atoms with Crippen LogP contribution in [-0.4, -0.2) is 35.6 Å². The number of rotatable bonds is 3. The van der Waals surface area contributed by atoms with Crippen LogP contribution in [0.2, 0.25) is 0 Å². The van der Waals surface area contributed by atoms with Gasteiger partial charge in [0.1, 0.15) is 17.2 Å². The van der Waals surface area contributed by atoms with Gasteiger partial charge in [0.25, 0.3) is 5.91 Å². The third-order valence-electron chi connectivity index (χ3n) is 4.72. The number of aryl methyl sites for hydroxylation is 1. The molecule has 1 aliphatic rings. The topological polar surface area (TPSA) is 98.5 Å². The summed E-state index contributed by atoms with van der Waals surface area (Å²) in [5, 5.41) is 6.49. The molecule has 3 aromatic heterocycles. The Labute approximate surface area is 179 Å². The molecule has 0 unspecified atom stereocenters. The highest BCUT2D eigenvalue weighted by atomic mass is 19.4. The molecule has 1 N–H and O–H groups in total. The number of alkyl halides is 6. The molecular weight excluding hydrogens is 463 g/mol. The fraction of sp³-hybridized carbons (Fsp3) is 0.333. The molecule has 4 rings (SSSR count). The van der Waals surface area contributed by atoms with Crippen LogP contribution in [0.25, 0.3) is 11.4 Å². The maximum atomic E-state index is 14.2. The molecule has 1 aliphatic heterocycles. The number of pyridine rings is 1. The van der Waals surface area contributed by atoms with Gasteiger partial charge in [-0.1, -0.05) is 0 Å². The minimum Gasteiger partial charge on any atom is -0.341 e. The Bertz CT molecular complexity index is 1210. The summed E-state index contributed by atoms with van der Waals surface area (Å²) in [6.07, 6.45) is -7.11. The lowest BCUT2D eigenvalue weighted by molar-refractivity contribution is -0.142. The van der Waals surface area contributed by atoms with E-state index in [9.17, 15) is 35.5 Å². The largest absolute Gasteiger partial charge is 0.434 e. The Balaban J connectivity index is 1.62. The molecule has 8 nitrogen and oxygen atoms in total. The number of carbonyl (C=O) groups excluding carboxylic acids is 1. The molecule has 1 amide bonds. The van der Waals surface area contributed by atoms with E-state index in [0.29, 0.717) is 31.3 Å². The summed E-state index contributed by atoms with van der Waals surface area (Å²) in [5.41, 5.74) is -3.80. The first-order valence-corrected chi connectivity index (χ1v) is 9.31. The first-order chi connectivity index (χ1) is 15.4. The first kappa shape index (κ1) is 22.5. The zero-order valence-corrected chi connectivity index (χ0v) is 16.2. The van der Waals surface area contributed by atoms with Gasteiger partial charge in [-0.25, -0.2) is 24.0 Å². The average molecular weight is 475 g/mol. The number of fused-ring (bicyclic) bond motifs is 1. The second-order valence-corrected chi connectivity index (χ2v) is 7.02. The molecule has 174 valence electrons. The van der Waals surface area contributed by atoms with Crippen molar-refractivity contribution in [1.82, 2.24) is 35.0 Å². The van der Waals surface area contributed by atoms with Gasteiger partial charge in [0.2, 0.25) is 0 Å². The number of nitrogens with zero attached hydrogens (tertiary/aromatic N) is 6. The Kier molecular flexibility index (Phi) is 5.49. The highest BCUT2D eigenvalue weighted by molar-refractivity contribution is 5.92. The summed E-state index contributed by atoms with van der Waals surface area (Å²) in [6, 6.07) is -0.376. The SMILES string of the molecule is O=C(N[C@@H]1CCCn2nc(-c3cc(C(F)(F)F)ncc3F)nc21)c1cncc(C(F)(F)F)n1. The highest BCUT2D eigenvalue weighted by Crippen LogP contribution is 2.32. The van der Waals surface area contributed by atoms with Gasteiger partial charge in [0.15, 0.2) is 17.3 Å². The molecule has 0 fully saturated rings. The summed E-state index contributed by atoms with van der Waals surface area (Å²) >= 11 is 0. The van der Waals surface area contributed by atoms with Crippen molar-refractivity contribution in [3.8, 4) is 11.4 Å². The summed E-state index contributed by atoms with van der Waals surface area (Å²) < 4.78 is 92.8. The Morgan fingerprint density at radius 2 is 1.76 bits per heavy atom. The van der Waals surface area contributed by atoms with E-state index in [4.69, 9.17) is 0 Å². The van der Waals surface area contributed by atoms with E-state index in [-0.39, 0.29) is 18.2 Å². The van der Waals surface area contributed by atoms with Gasteiger partial charge < -0.3 is 5.32 Å². The van der Waals surface area contributed by atoms with Crippen molar-refractivity contribution >= 4 is 5.91 Å². The van der Waals surface area contributed by atoms with Gasteiger partial charge >= 0.3 is 12.4 Å². The minimum absolute atomic E-state index is 0.106. The number of aromatic nitrogens is 6. The van der Waals surface area contributed by atoms with E-state index in [1.54, 1.807) is 0 Å². The molecule has 0 bridgehead atoms. The van der Waals surface area contributed by atoms with Crippen LogP contribution in [0.3, 0.4) is 0 Å². The van der Waals surface area contributed by atoms with Crippen LogP contribution in [0.5, 0.6) is 0 Å². The average Bonchev–Trinajstić information content (AvgIpc) is 3.18. The van der Waals surface area contributed by atoms with Crippen LogP contribution < -0.4 is 5.32 Å². The smallest absolute Gasteiger partial charge is 0.341 e. The Hall–Kier alpha value is -3.65. The monoisotopic (exact) mass is 475 g/mol. The van der Waals surface area contributed by atoms with Crippen LogP contribution in [0.15, 0.2) is 24.7 Å². The van der Waals surface area contributed by atoms with Gasteiger partial charge in [-0.05, 0) is 18.9 Å². The number of hydrogen-bond donors (Lipinski definition) is 1. The van der Waals surface area contributed by atoms with Crippen molar-refractivity contribution in [2.45, 2.75) is 37.8 Å². The maximum absolute atomic E-state index is 14.2. The molecule has 0 saturated heterocycles. The predicted molar refractivity (Wildman–Crippen MR) is 94.7 cm³/mol. The van der Waals surface area contributed by atoms with E-state index in [0.717, 1.165) is 6.20 Å². The summed E-state index contributed by atoms with van der Waals surface area (Å²) in [4.78, 5) is 26.2. The highest BCUT2D eigenvalue weighted by Gasteiger charge is 2.35. The molecule has 3 aromatic rings. The molecule has 4 heterocycles. The molecule has 0 aromatic carbocycles. The van der Waals surface area contributed by atoms with Crippen LogP contribution in [-0.2, 0) is 18.9 Å². The van der Waals surface area contributed by atoms with Gasteiger partial charge in [-0.15, -0.1) is 0 Å². The molecule has 1 atom stereocenters. The first-order valence-electron chi connectivity index (χ1n) is 9.31. The van der Waals surface area contributed by atoms with Crippen molar-refractivity contribution in [2.24, 2.45) is 0 Å². The number of amides is 1. The molecule has 33 heavy (non-hydrogen) atoms. The second-order valence-electron chi connectivity index (χ2n) is 7.02. The summed E-state index contributed by atoms with van der Waals surface area (Å²) in [5.74, 6) is -2.29. The van der Waals surface area contributed by atoms with Gasteiger partial charge in [0.05, 0.1) is 30.2 Å². The van der Waals surface area contributed by atoms with Crippen molar-refractivity contribution in [1.29, 1.82) is 0 Å². The quantitative estimate of drug-likeness (QED) is 0.582. The second kappa shape index (κ2) is 8.04. The molecule has 15 heteroatoms. The van der Waals surface area contributed by atoms with Crippen molar-refractivity contribution < 1.29 is 35.5 Å². The van der Waals surface area contributed by atoms with Crippen LogP contribution in [0.4, 0.5) is 30.7 Å². The number of nitrogens with one attached hydrogen (secondary N) is 1. The predicted octanol–water partition coefficient (Wildman–Crippen LogP) is 3.57. The number of halogens is 7. The fourth-order valence-electron chi connectivity index (χ4n) is 3.21. The van der Waals surface area contributed by atoms with E-state index in [1.165, 1.54) is 4.68 Å². The van der Waals surface area contributed by atoms with E-state index in [2.05, 4.69) is 30.4 Å². The molecule has 0 aliphatic carbocycles. The van der Waals surface area contributed by atoms with Gasteiger partial charge in [0, 0.05) is 6.54 Å². The Morgan fingerprint density at radius 1 is 1.03 bits per heavy atom. The molecular formula is C18H12F7N7O. The van der Waals surface area contributed by atoms with Crippen LogP contribution >= 0.6 is 0 Å². The maximum Gasteiger partial charge on any atom is 0.434 e. The lowest BCUT2D eigenvalue weighted by atomic mass is 10.1. The Morgan fingerprint density at radius 3 is 2.45 bits per heavy atom. The van der Waals surface area contributed by atoms with Gasteiger partial charge in [-0.3, -0.25) is 9.78 Å². The standard InChI is InChI=1S/C18H12F7N7O/c19-9-5-27-12(17(20,21)22)4-8(9)14-30-15-10(2-1-3-32(15)31-14)29-16(33)11-6-26-7-13(28-11)18(23,24)25/h4-7,10H,1-3H2,(H,29,33)/t10-/m1/s1. The zero-order chi connectivity index (χ0) is 24.0. The van der Waals surface area contributed by atoms with Gasteiger partial charge in [-0.2, -0.15) is 31.4 Å². The zero-order valence-electron chi connectivity index (χ0n) is 16.2. The van der Waals surface area contributed by atoms with Crippen molar-refractivity contribution in [2.75, 3.05) is 0 Å². The fourth-order valence-corrected chi connectivity index (χ4v) is 3.21. The molecule has 0 saturated carbocycles. The third kappa shape index (κ3) is 4.61. The number of carbonyl (C=O) groups is 1. The summed E-state index contributed by atoms with van der Waals surface area (Å²) in [6.45, 7) is 0.289. The normalized spacial score (nSPS) is 16.4. The lowest BCUT2D eigenvalue weighted by Crippen LogP contribution is -2.34. The van der Waals surface area contributed by atoms with Crippen LogP contribution in [0, 0.1) is 5.82 Å². The van der Waals surface area contributed by atoms with Crippen LogP contribution in [0.1, 0.15) is 46.6 Å². The lowest BCUT2D eigenvalue weighted by Gasteiger charge is -2.22. The van der Waals surface area contributed by atoms with E-state index in [1.807, 2.05) is 0 Å². The molecule has 0 radical (unpaired) electrons. The van der Waals surface area contributed by atoms with E-state index >= 15 is 0 Å². The van der Waals surface area contributed by atoms with Crippen molar-refractivity contribution in [3.05, 3.63) is 53.4 Å². The molecule has 0 spiro atoms. The minimum atomic E-state index is -4.82. The number of hydrogen-bond acceptors (Lipinski definition) is 6. The van der Waals surface area contributed by atoms with E-state index < -0.39 is 52.8 Å². The summed E-state index contributed by atoms with van der Waals surface area (Å²) in [7, 11) is 0.